The van der Waals surface area contributed by atoms with E-state index in [1.54, 1.807) is 17.4 Å². The number of fused-ring (bicyclic) bond motifs is 1. The number of nitrogens with zero attached hydrogens (tertiary/aromatic N) is 2. The van der Waals surface area contributed by atoms with Gasteiger partial charge < -0.3 is 10.3 Å². The first-order valence-corrected chi connectivity index (χ1v) is 7.37. The zero-order valence-corrected chi connectivity index (χ0v) is 12.6. The van der Waals surface area contributed by atoms with Gasteiger partial charge in [0.2, 0.25) is 5.95 Å². The number of hydrogen-bond donors (Lipinski definition) is 1. The first kappa shape index (κ1) is 12.6. The number of nitrogen functional groups attached to an aromatic ring is 1. The Bertz CT molecular complexity index is 763. The maximum absolute atomic E-state index is 13.5. The summed E-state index contributed by atoms with van der Waals surface area (Å²) in [5.74, 6) is 0.0738. The molecule has 1 aromatic carbocycles. The third kappa shape index (κ3) is 2.15. The van der Waals surface area contributed by atoms with Gasteiger partial charge in [0, 0.05) is 10.9 Å². The van der Waals surface area contributed by atoms with Crippen LogP contribution in [0.3, 0.4) is 0 Å². The molecule has 3 rings (SSSR count). The number of benzene rings is 1. The van der Waals surface area contributed by atoms with Crippen LogP contribution in [0.4, 0.5) is 10.3 Å². The van der Waals surface area contributed by atoms with Crippen LogP contribution in [0.15, 0.2) is 28.1 Å². The van der Waals surface area contributed by atoms with Gasteiger partial charge in [-0.2, -0.15) is 0 Å². The van der Waals surface area contributed by atoms with E-state index in [1.807, 2.05) is 4.57 Å². The smallest absolute Gasteiger partial charge is 0.201 e. The molecule has 0 radical (unpaired) electrons. The summed E-state index contributed by atoms with van der Waals surface area (Å²) < 4.78 is 15.8. The van der Waals surface area contributed by atoms with Crippen LogP contribution in [0.5, 0.6) is 0 Å². The molecule has 0 aliphatic rings. The predicted octanol–water partition coefficient (Wildman–Crippen LogP) is 3.94. The molecule has 0 atom stereocenters. The van der Waals surface area contributed by atoms with E-state index in [1.165, 1.54) is 16.5 Å². The standard InChI is InChI=1S/C13H11BrFN3S/c1-7-2-3-19-12(7)6-18-11-4-8(14)9(15)5-10(11)17-13(18)16/h2-5H,6H2,1H3,(H2,16,17). The second kappa shape index (κ2) is 4.61. The van der Waals surface area contributed by atoms with Gasteiger partial charge in [-0.1, -0.05) is 0 Å². The summed E-state index contributed by atoms with van der Waals surface area (Å²) in [5, 5.41) is 2.05. The molecule has 0 aliphatic carbocycles. The summed E-state index contributed by atoms with van der Waals surface area (Å²) in [7, 11) is 0. The fourth-order valence-electron chi connectivity index (χ4n) is 2.01. The van der Waals surface area contributed by atoms with Gasteiger partial charge in [-0.05, 0) is 45.9 Å². The van der Waals surface area contributed by atoms with E-state index in [0.717, 1.165) is 5.52 Å². The highest BCUT2D eigenvalue weighted by Gasteiger charge is 2.13. The number of anilines is 1. The van der Waals surface area contributed by atoms with Crippen molar-refractivity contribution in [3.8, 4) is 0 Å². The molecule has 2 heterocycles. The van der Waals surface area contributed by atoms with Crippen LogP contribution in [0.1, 0.15) is 10.4 Å². The minimum absolute atomic E-state index is 0.329. The van der Waals surface area contributed by atoms with E-state index in [-0.39, 0.29) is 5.82 Å². The molecular weight excluding hydrogens is 329 g/mol. The van der Waals surface area contributed by atoms with Crippen LogP contribution in [-0.2, 0) is 6.54 Å². The second-order valence-electron chi connectivity index (χ2n) is 4.34. The number of hydrogen-bond acceptors (Lipinski definition) is 3. The van der Waals surface area contributed by atoms with E-state index >= 15 is 0 Å². The van der Waals surface area contributed by atoms with Crippen molar-refractivity contribution in [1.82, 2.24) is 9.55 Å². The molecule has 6 heteroatoms. The lowest BCUT2D eigenvalue weighted by molar-refractivity contribution is 0.622. The Hall–Kier alpha value is -1.40. The zero-order chi connectivity index (χ0) is 13.6. The Morgan fingerprint density at radius 1 is 1.47 bits per heavy atom. The number of rotatable bonds is 2. The van der Waals surface area contributed by atoms with Crippen molar-refractivity contribution >= 4 is 44.2 Å². The lowest BCUT2D eigenvalue weighted by Gasteiger charge is -2.06. The number of nitrogens with two attached hydrogens (primary N) is 1. The van der Waals surface area contributed by atoms with Gasteiger partial charge in [-0.3, -0.25) is 0 Å². The molecule has 0 saturated carbocycles. The summed E-state index contributed by atoms with van der Waals surface area (Å²) in [6, 6.07) is 5.19. The normalized spacial score (nSPS) is 11.3. The van der Waals surface area contributed by atoms with Crippen LogP contribution in [0.25, 0.3) is 11.0 Å². The average Bonchev–Trinajstić information content (AvgIpc) is 2.88. The minimum atomic E-state index is -0.329. The minimum Gasteiger partial charge on any atom is -0.369 e. The van der Waals surface area contributed by atoms with Gasteiger partial charge in [0.15, 0.2) is 0 Å². The maximum Gasteiger partial charge on any atom is 0.201 e. The van der Waals surface area contributed by atoms with Gasteiger partial charge >= 0.3 is 0 Å². The van der Waals surface area contributed by atoms with E-state index in [9.17, 15) is 4.39 Å². The van der Waals surface area contributed by atoms with Crippen LogP contribution in [0, 0.1) is 12.7 Å². The second-order valence-corrected chi connectivity index (χ2v) is 6.19. The first-order chi connectivity index (χ1) is 9.06. The monoisotopic (exact) mass is 339 g/mol. The Morgan fingerprint density at radius 2 is 2.26 bits per heavy atom. The summed E-state index contributed by atoms with van der Waals surface area (Å²) >= 11 is 4.88. The molecule has 0 unspecified atom stereocenters. The van der Waals surface area contributed by atoms with Crippen LogP contribution in [0.2, 0.25) is 0 Å². The largest absolute Gasteiger partial charge is 0.369 e. The molecule has 19 heavy (non-hydrogen) atoms. The zero-order valence-electron chi connectivity index (χ0n) is 10.2. The molecular formula is C13H11BrFN3S. The van der Waals surface area contributed by atoms with Crippen molar-refractivity contribution in [2.24, 2.45) is 0 Å². The Balaban J connectivity index is 2.15. The van der Waals surface area contributed by atoms with Crippen molar-refractivity contribution in [1.29, 1.82) is 0 Å². The number of halogens is 2. The predicted molar refractivity (Wildman–Crippen MR) is 80.0 cm³/mol. The SMILES string of the molecule is Cc1ccsc1Cn1c(N)nc2cc(F)c(Br)cc21. The molecule has 3 aromatic rings. The van der Waals surface area contributed by atoms with Crippen LogP contribution >= 0.6 is 27.3 Å². The lowest BCUT2D eigenvalue weighted by Crippen LogP contribution is -2.04. The van der Waals surface area contributed by atoms with Gasteiger partial charge in [0.25, 0.3) is 0 Å². The van der Waals surface area contributed by atoms with Crippen LogP contribution < -0.4 is 5.73 Å². The van der Waals surface area contributed by atoms with E-state index in [2.05, 4.69) is 39.3 Å². The van der Waals surface area contributed by atoms with Gasteiger partial charge in [-0.25, -0.2) is 9.37 Å². The molecule has 2 N–H and O–H groups in total. The quantitative estimate of drug-likeness (QED) is 0.768. The highest BCUT2D eigenvalue weighted by Crippen LogP contribution is 2.27. The van der Waals surface area contributed by atoms with Gasteiger partial charge in [-0.15, -0.1) is 11.3 Å². The van der Waals surface area contributed by atoms with Crippen molar-refractivity contribution in [3.05, 3.63) is 44.3 Å². The summed E-state index contributed by atoms with van der Waals surface area (Å²) in [5.41, 5.74) is 8.58. The maximum atomic E-state index is 13.5. The molecule has 98 valence electrons. The molecule has 0 amide bonds. The number of aromatic nitrogens is 2. The lowest BCUT2D eigenvalue weighted by atomic mass is 10.2. The highest BCUT2D eigenvalue weighted by atomic mass is 79.9. The number of imidazole rings is 1. The Morgan fingerprint density at radius 3 is 2.95 bits per heavy atom. The Kier molecular flexibility index (Phi) is 3.06. The van der Waals surface area contributed by atoms with Gasteiger partial charge in [0.05, 0.1) is 22.1 Å². The first-order valence-electron chi connectivity index (χ1n) is 5.70. The molecule has 3 nitrogen and oxygen atoms in total. The highest BCUT2D eigenvalue weighted by molar-refractivity contribution is 9.10. The Labute approximate surface area is 122 Å². The third-order valence-electron chi connectivity index (χ3n) is 3.09. The van der Waals surface area contributed by atoms with Crippen molar-refractivity contribution < 1.29 is 4.39 Å². The molecule has 0 saturated heterocycles. The fourth-order valence-corrected chi connectivity index (χ4v) is 3.24. The topological polar surface area (TPSA) is 43.8 Å². The van der Waals surface area contributed by atoms with Gasteiger partial charge in [0.1, 0.15) is 5.82 Å². The average molecular weight is 340 g/mol. The third-order valence-corrected chi connectivity index (χ3v) is 4.71. The molecule has 0 bridgehead atoms. The fraction of sp³-hybridized carbons (Fsp3) is 0.154. The molecule has 0 spiro atoms. The van der Waals surface area contributed by atoms with E-state index in [0.29, 0.717) is 22.5 Å². The summed E-state index contributed by atoms with van der Waals surface area (Å²) in [4.78, 5) is 5.44. The van der Waals surface area contributed by atoms with E-state index < -0.39 is 0 Å². The molecule has 0 aliphatic heterocycles. The van der Waals surface area contributed by atoms with Crippen LogP contribution in [-0.4, -0.2) is 9.55 Å². The molecule has 2 aromatic heterocycles. The number of thiophene rings is 1. The molecule has 0 fully saturated rings. The summed E-state index contributed by atoms with van der Waals surface area (Å²) in [6.45, 7) is 2.72. The van der Waals surface area contributed by atoms with Crippen molar-refractivity contribution in [2.75, 3.05) is 5.73 Å². The van der Waals surface area contributed by atoms with Crippen molar-refractivity contribution in [3.63, 3.8) is 0 Å². The van der Waals surface area contributed by atoms with Crippen molar-refractivity contribution in [2.45, 2.75) is 13.5 Å². The number of aryl methyl sites for hydroxylation is 1. The van der Waals surface area contributed by atoms with E-state index in [4.69, 9.17) is 5.73 Å². The summed E-state index contributed by atoms with van der Waals surface area (Å²) in [6.07, 6.45) is 0.